The minimum absolute atomic E-state index is 0.294. The number of rotatable bonds is 5. The van der Waals surface area contributed by atoms with E-state index in [4.69, 9.17) is 11.6 Å². The molecule has 0 aromatic heterocycles. The van der Waals surface area contributed by atoms with E-state index in [1.54, 1.807) is 0 Å². The summed E-state index contributed by atoms with van der Waals surface area (Å²) in [5.41, 5.74) is 7.47. The van der Waals surface area contributed by atoms with Crippen molar-refractivity contribution in [3.8, 4) is 0 Å². The lowest BCUT2D eigenvalue weighted by molar-refractivity contribution is -0.118. The van der Waals surface area contributed by atoms with E-state index in [1.807, 2.05) is 0 Å². The Kier molecular flexibility index (Phi) is 4.18. The summed E-state index contributed by atoms with van der Waals surface area (Å²) in [4.78, 5) is 14.6. The molecule has 6 heteroatoms. The van der Waals surface area contributed by atoms with Gasteiger partial charge < -0.3 is 11.1 Å². The van der Waals surface area contributed by atoms with Crippen LogP contribution in [-0.2, 0) is 4.79 Å². The van der Waals surface area contributed by atoms with Crippen LogP contribution < -0.4 is 22.3 Å². The predicted octanol–water partition coefficient (Wildman–Crippen LogP) is -1.18. The van der Waals surface area contributed by atoms with Crippen LogP contribution in [-0.4, -0.2) is 24.5 Å². The summed E-state index contributed by atoms with van der Waals surface area (Å²) in [6.45, 7) is 0.558. The highest BCUT2D eigenvalue weighted by molar-refractivity contribution is 5.79. The number of amides is 1. The lowest BCUT2D eigenvalue weighted by Gasteiger charge is -2.06. The van der Waals surface area contributed by atoms with Gasteiger partial charge in [0.25, 0.3) is 0 Å². The van der Waals surface area contributed by atoms with Crippen molar-refractivity contribution in [2.24, 2.45) is 16.6 Å². The van der Waals surface area contributed by atoms with Crippen molar-refractivity contribution in [3.05, 3.63) is 0 Å². The largest absolute Gasteiger partial charge is 0.370 e. The summed E-state index contributed by atoms with van der Waals surface area (Å²) in [5, 5.41) is 3.13. The molecule has 1 fully saturated rings. The number of carbonyl (C=O) groups excluding carboxylic acids is 1. The Hall–Kier alpha value is -1.30. The van der Waals surface area contributed by atoms with Crippen LogP contribution in [0, 0.1) is 0 Å². The van der Waals surface area contributed by atoms with Crippen molar-refractivity contribution < 1.29 is 4.79 Å². The molecule has 0 heterocycles. The Morgan fingerprint density at radius 1 is 1.50 bits per heavy atom. The van der Waals surface area contributed by atoms with Crippen LogP contribution >= 0.6 is 0 Å². The van der Waals surface area contributed by atoms with E-state index < -0.39 is 0 Å². The molecule has 80 valence electrons. The topological polar surface area (TPSA) is 106 Å². The molecule has 6 N–H and O–H groups in total. The van der Waals surface area contributed by atoms with E-state index in [2.05, 4.69) is 15.7 Å². The van der Waals surface area contributed by atoms with Gasteiger partial charge in [-0.3, -0.25) is 15.2 Å². The highest BCUT2D eigenvalue weighted by Gasteiger charge is 2.21. The predicted molar refractivity (Wildman–Crippen MR) is 54.2 cm³/mol. The van der Waals surface area contributed by atoms with Gasteiger partial charge >= 0.3 is 0 Å². The summed E-state index contributed by atoms with van der Waals surface area (Å²) >= 11 is 0. The summed E-state index contributed by atoms with van der Waals surface area (Å²) in [6.07, 6.45) is 3.36. The van der Waals surface area contributed by atoms with Gasteiger partial charge in [0.2, 0.25) is 11.9 Å². The van der Waals surface area contributed by atoms with Crippen molar-refractivity contribution in [2.45, 2.75) is 31.7 Å². The van der Waals surface area contributed by atoms with E-state index in [9.17, 15) is 4.79 Å². The van der Waals surface area contributed by atoms with E-state index in [1.165, 1.54) is 12.8 Å². The monoisotopic (exact) mass is 199 g/mol. The minimum Gasteiger partial charge on any atom is -0.370 e. The number of hydrogen-bond donors (Lipinski definition) is 4. The van der Waals surface area contributed by atoms with E-state index in [0.717, 1.165) is 0 Å². The second-order valence-corrected chi connectivity index (χ2v) is 3.36. The van der Waals surface area contributed by atoms with Crippen LogP contribution in [0.15, 0.2) is 4.99 Å². The van der Waals surface area contributed by atoms with Crippen molar-refractivity contribution in [1.82, 2.24) is 10.7 Å². The van der Waals surface area contributed by atoms with Crippen molar-refractivity contribution >= 4 is 11.9 Å². The molecule has 1 amide bonds. The molecule has 0 bridgehead atoms. The second-order valence-electron chi connectivity index (χ2n) is 3.36. The minimum atomic E-state index is -0.294. The fraction of sp³-hybridized carbons (Fsp3) is 0.750. The fourth-order valence-corrected chi connectivity index (χ4v) is 0.998. The Morgan fingerprint density at radius 3 is 2.71 bits per heavy atom. The summed E-state index contributed by atoms with van der Waals surface area (Å²) in [5.74, 6) is 5.56. The number of carbonyl (C=O) groups is 1. The molecular weight excluding hydrogens is 182 g/mol. The highest BCUT2D eigenvalue weighted by atomic mass is 16.1. The van der Waals surface area contributed by atoms with Crippen LogP contribution in [0.5, 0.6) is 0 Å². The first kappa shape index (κ1) is 10.8. The van der Waals surface area contributed by atoms with Gasteiger partial charge in [0, 0.05) is 19.0 Å². The van der Waals surface area contributed by atoms with Crippen LogP contribution in [0.2, 0.25) is 0 Å². The molecule has 14 heavy (non-hydrogen) atoms. The van der Waals surface area contributed by atoms with Crippen molar-refractivity contribution in [2.75, 3.05) is 6.54 Å². The molecule has 0 aromatic rings. The number of aliphatic imine (C=N–C) groups is 1. The summed E-state index contributed by atoms with van der Waals surface area (Å²) in [7, 11) is 0. The molecule has 1 aliphatic carbocycles. The van der Waals surface area contributed by atoms with Gasteiger partial charge in [0.15, 0.2) is 0 Å². The number of hydrazine groups is 1. The average Bonchev–Trinajstić information content (AvgIpc) is 2.93. The van der Waals surface area contributed by atoms with Crippen LogP contribution in [0.3, 0.4) is 0 Å². The fourth-order valence-electron chi connectivity index (χ4n) is 0.998. The second kappa shape index (κ2) is 5.43. The van der Waals surface area contributed by atoms with Gasteiger partial charge in [-0.2, -0.15) is 0 Å². The lowest BCUT2D eigenvalue weighted by Crippen LogP contribution is -2.42. The number of nitrogens with two attached hydrogens (primary N) is 2. The standard InChI is InChI=1S/C8H17N5O/c9-7(14)2-1-5-11-8(13-10)12-6-3-4-6/h6H,1-5,10H2,(H2,9,14)(H2,11,12,13). The third-order valence-corrected chi connectivity index (χ3v) is 1.91. The Bertz CT molecular complexity index is 224. The smallest absolute Gasteiger partial charge is 0.217 e. The SMILES string of the molecule is NNC(=NCCCC(N)=O)NC1CC1. The molecule has 0 radical (unpaired) electrons. The van der Waals surface area contributed by atoms with E-state index in [-0.39, 0.29) is 5.91 Å². The Balaban J connectivity index is 2.14. The number of nitrogens with zero attached hydrogens (tertiary/aromatic N) is 1. The molecule has 0 saturated heterocycles. The Morgan fingerprint density at radius 2 is 2.21 bits per heavy atom. The lowest BCUT2D eigenvalue weighted by atomic mass is 10.3. The Labute approximate surface area is 83.1 Å². The molecule has 0 unspecified atom stereocenters. The molecule has 1 saturated carbocycles. The molecule has 0 aliphatic heterocycles. The van der Waals surface area contributed by atoms with Crippen LogP contribution in [0.1, 0.15) is 25.7 Å². The molecule has 0 aromatic carbocycles. The number of nitrogens with one attached hydrogen (secondary N) is 2. The van der Waals surface area contributed by atoms with Gasteiger partial charge in [-0.15, -0.1) is 0 Å². The maximum atomic E-state index is 10.4. The van der Waals surface area contributed by atoms with Gasteiger partial charge in [-0.25, -0.2) is 5.84 Å². The third-order valence-electron chi connectivity index (χ3n) is 1.91. The summed E-state index contributed by atoms with van der Waals surface area (Å²) in [6, 6.07) is 0.515. The molecule has 1 rings (SSSR count). The maximum absolute atomic E-state index is 10.4. The van der Waals surface area contributed by atoms with Gasteiger partial charge in [-0.1, -0.05) is 0 Å². The zero-order valence-electron chi connectivity index (χ0n) is 8.12. The highest BCUT2D eigenvalue weighted by Crippen LogP contribution is 2.18. The molecular formula is C8H17N5O. The first-order chi connectivity index (χ1) is 6.72. The van der Waals surface area contributed by atoms with Gasteiger partial charge in [0.05, 0.1) is 0 Å². The average molecular weight is 199 g/mol. The quantitative estimate of drug-likeness (QED) is 0.147. The van der Waals surface area contributed by atoms with Gasteiger partial charge in [0.1, 0.15) is 0 Å². The summed E-state index contributed by atoms with van der Waals surface area (Å²) < 4.78 is 0. The molecule has 1 aliphatic rings. The first-order valence-electron chi connectivity index (χ1n) is 4.78. The zero-order chi connectivity index (χ0) is 10.4. The molecule has 0 atom stereocenters. The van der Waals surface area contributed by atoms with Crippen molar-refractivity contribution in [1.29, 1.82) is 0 Å². The maximum Gasteiger partial charge on any atom is 0.217 e. The number of guanidine groups is 1. The number of primary amides is 1. The molecule has 6 nitrogen and oxygen atoms in total. The van der Waals surface area contributed by atoms with E-state index in [0.29, 0.717) is 31.4 Å². The number of hydrogen-bond acceptors (Lipinski definition) is 3. The third kappa shape index (κ3) is 4.66. The van der Waals surface area contributed by atoms with Crippen LogP contribution in [0.4, 0.5) is 0 Å². The van der Waals surface area contributed by atoms with Crippen molar-refractivity contribution in [3.63, 3.8) is 0 Å². The first-order valence-corrected chi connectivity index (χ1v) is 4.78. The normalized spacial score (nSPS) is 16.5. The van der Waals surface area contributed by atoms with Gasteiger partial charge in [-0.05, 0) is 19.3 Å². The zero-order valence-corrected chi connectivity index (χ0v) is 8.12. The molecule has 0 spiro atoms. The van der Waals surface area contributed by atoms with Crippen LogP contribution in [0.25, 0.3) is 0 Å². The van der Waals surface area contributed by atoms with E-state index >= 15 is 0 Å².